The van der Waals surface area contributed by atoms with Crippen LogP contribution in [0.4, 0.5) is 4.79 Å². The van der Waals surface area contributed by atoms with Crippen molar-refractivity contribution in [2.45, 2.75) is 84.2 Å². The van der Waals surface area contributed by atoms with Crippen molar-refractivity contribution < 1.29 is 19.7 Å². The highest BCUT2D eigenvalue weighted by Crippen LogP contribution is 2.19. The number of carbonyl (C=O) groups excluding carboxylic acids is 1. The van der Waals surface area contributed by atoms with E-state index in [1.165, 1.54) is 11.3 Å². The minimum Gasteiger partial charge on any atom is -0.391 e. The SMILES string of the molecule is CC(CCCNCC(NC(=O)N(C)Cc1csc(C(C)C)n1)C(C)O)NC(O)OCc1cncs1. The molecule has 35 heavy (non-hydrogen) atoms. The fourth-order valence-electron chi connectivity index (χ4n) is 3.23. The lowest BCUT2D eigenvalue weighted by molar-refractivity contribution is -0.133. The van der Waals surface area contributed by atoms with Crippen molar-refractivity contribution in [3.63, 3.8) is 0 Å². The van der Waals surface area contributed by atoms with Gasteiger partial charge >= 0.3 is 6.03 Å². The average Bonchev–Trinajstić information content (AvgIpc) is 3.48. The third-order valence-corrected chi connectivity index (χ3v) is 7.30. The van der Waals surface area contributed by atoms with Crippen molar-refractivity contribution in [3.8, 4) is 0 Å². The summed E-state index contributed by atoms with van der Waals surface area (Å²) >= 11 is 3.09. The predicted molar refractivity (Wildman–Crippen MR) is 139 cm³/mol. The van der Waals surface area contributed by atoms with Crippen molar-refractivity contribution in [2.24, 2.45) is 0 Å². The van der Waals surface area contributed by atoms with Gasteiger partial charge in [0.05, 0.1) is 46.4 Å². The summed E-state index contributed by atoms with van der Waals surface area (Å²) in [4.78, 5) is 23.7. The lowest BCUT2D eigenvalue weighted by Gasteiger charge is -2.25. The van der Waals surface area contributed by atoms with E-state index in [1.54, 1.807) is 41.9 Å². The van der Waals surface area contributed by atoms with Gasteiger partial charge in [-0.2, -0.15) is 0 Å². The van der Waals surface area contributed by atoms with E-state index in [0.717, 1.165) is 35.0 Å². The molecule has 4 unspecified atom stereocenters. The first kappa shape index (κ1) is 29.6. The average molecular weight is 529 g/mol. The maximum absolute atomic E-state index is 12.6. The molecular weight excluding hydrogens is 488 g/mol. The molecule has 10 nitrogen and oxygen atoms in total. The van der Waals surface area contributed by atoms with Crippen LogP contribution in [0.5, 0.6) is 0 Å². The Morgan fingerprint density at radius 1 is 1.23 bits per heavy atom. The maximum Gasteiger partial charge on any atom is 0.317 e. The molecule has 0 saturated carbocycles. The first-order valence-electron chi connectivity index (χ1n) is 11.9. The second-order valence-electron chi connectivity index (χ2n) is 9.03. The summed E-state index contributed by atoms with van der Waals surface area (Å²) in [5.41, 5.74) is 2.59. The predicted octanol–water partition coefficient (Wildman–Crippen LogP) is 2.45. The van der Waals surface area contributed by atoms with Crippen molar-refractivity contribution >= 4 is 28.7 Å². The molecule has 2 aromatic rings. The Kier molecular flexibility index (Phi) is 13.0. The lowest BCUT2D eigenvalue weighted by atomic mass is 10.1. The van der Waals surface area contributed by atoms with E-state index in [0.29, 0.717) is 25.6 Å². The molecule has 0 fully saturated rings. The van der Waals surface area contributed by atoms with Gasteiger partial charge in [-0.25, -0.2) is 9.78 Å². The number of hydrogen-bond donors (Lipinski definition) is 5. The number of aromatic nitrogens is 2. The number of nitrogens with one attached hydrogen (secondary N) is 3. The van der Waals surface area contributed by atoms with Crippen LogP contribution in [0.3, 0.4) is 0 Å². The summed E-state index contributed by atoms with van der Waals surface area (Å²) in [6.45, 7) is 9.75. The van der Waals surface area contributed by atoms with Crippen molar-refractivity contribution in [1.82, 2.24) is 30.8 Å². The van der Waals surface area contributed by atoms with E-state index < -0.39 is 18.6 Å². The fraction of sp³-hybridized carbons (Fsp3) is 0.696. The van der Waals surface area contributed by atoms with Crippen LogP contribution in [0.1, 0.15) is 62.0 Å². The summed E-state index contributed by atoms with van der Waals surface area (Å²) in [7, 11) is 1.72. The third kappa shape index (κ3) is 11.3. The molecule has 0 aliphatic carbocycles. The molecule has 0 saturated heterocycles. The van der Waals surface area contributed by atoms with Gasteiger partial charge in [0.25, 0.3) is 0 Å². The maximum atomic E-state index is 12.6. The molecule has 2 aromatic heterocycles. The number of carbonyl (C=O) groups is 1. The molecule has 4 atom stereocenters. The van der Waals surface area contributed by atoms with Crippen molar-refractivity contribution in [2.75, 3.05) is 20.1 Å². The van der Waals surface area contributed by atoms with Crippen LogP contribution in [-0.2, 0) is 17.9 Å². The molecule has 5 N–H and O–H groups in total. The quantitative estimate of drug-likeness (QED) is 0.166. The molecule has 0 bridgehead atoms. The molecule has 198 valence electrons. The minimum atomic E-state index is -1.03. The first-order chi connectivity index (χ1) is 16.7. The molecule has 0 radical (unpaired) electrons. The van der Waals surface area contributed by atoms with Gasteiger partial charge in [0.15, 0.2) is 0 Å². The molecule has 0 spiro atoms. The third-order valence-electron chi connectivity index (χ3n) is 5.35. The molecule has 0 aliphatic heterocycles. The second-order valence-corrected chi connectivity index (χ2v) is 10.9. The van der Waals surface area contributed by atoms with Gasteiger partial charge < -0.3 is 30.5 Å². The number of aliphatic hydroxyl groups excluding tert-OH is 2. The van der Waals surface area contributed by atoms with E-state index in [1.807, 2.05) is 12.3 Å². The zero-order valence-electron chi connectivity index (χ0n) is 21.2. The summed E-state index contributed by atoms with van der Waals surface area (Å²) in [5.74, 6) is 0.366. The summed E-state index contributed by atoms with van der Waals surface area (Å²) in [5, 5.41) is 32.3. The van der Waals surface area contributed by atoms with E-state index in [-0.39, 0.29) is 12.1 Å². The van der Waals surface area contributed by atoms with Crippen LogP contribution in [0.15, 0.2) is 17.1 Å². The largest absolute Gasteiger partial charge is 0.391 e. The van der Waals surface area contributed by atoms with Gasteiger partial charge in [-0.3, -0.25) is 10.3 Å². The Bertz CT molecular complexity index is 849. The van der Waals surface area contributed by atoms with E-state index in [9.17, 15) is 15.0 Å². The molecular formula is C23H40N6O4S2. The summed E-state index contributed by atoms with van der Waals surface area (Å²) < 4.78 is 5.37. The number of amides is 2. The van der Waals surface area contributed by atoms with E-state index >= 15 is 0 Å². The number of ether oxygens (including phenoxy) is 1. The lowest BCUT2D eigenvalue weighted by Crippen LogP contribution is -2.51. The van der Waals surface area contributed by atoms with Crippen molar-refractivity contribution in [1.29, 1.82) is 0 Å². The van der Waals surface area contributed by atoms with Gasteiger partial charge in [-0.15, -0.1) is 22.7 Å². The zero-order chi connectivity index (χ0) is 25.8. The van der Waals surface area contributed by atoms with Crippen LogP contribution < -0.4 is 16.0 Å². The summed E-state index contributed by atoms with van der Waals surface area (Å²) in [6, 6.07) is -0.595. The second kappa shape index (κ2) is 15.4. The zero-order valence-corrected chi connectivity index (χ0v) is 22.9. The number of nitrogens with zero attached hydrogens (tertiary/aromatic N) is 3. The van der Waals surface area contributed by atoms with Crippen LogP contribution in [0.2, 0.25) is 0 Å². The normalized spacial score (nSPS) is 15.1. The smallest absolute Gasteiger partial charge is 0.317 e. The van der Waals surface area contributed by atoms with Crippen LogP contribution in [-0.4, -0.2) is 75.9 Å². The molecule has 0 aliphatic rings. The number of hydrogen-bond acceptors (Lipinski definition) is 10. The Labute approximate surface area is 216 Å². The highest BCUT2D eigenvalue weighted by atomic mass is 32.1. The van der Waals surface area contributed by atoms with Crippen LogP contribution in [0.25, 0.3) is 0 Å². The Balaban J connectivity index is 1.63. The number of urea groups is 1. The minimum absolute atomic E-state index is 0.0658. The Morgan fingerprint density at radius 2 is 2.00 bits per heavy atom. The van der Waals surface area contributed by atoms with Crippen molar-refractivity contribution in [3.05, 3.63) is 32.7 Å². The van der Waals surface area contributed by atoms with Gasteiger partial charge in [0.2, 0.25) is 6.41 Å². The monoisotopic (exact) mass is 528 g/mol. The standard InChI is InChI=1S/C23H40N6O4S2/c1-15(2)21-27-18(13-34-21)11-29(5)22(31)28-20(17(4)30)10-24-8-6-7-16(3)26-23(32)33-12-19-9-25-14-35-19/h9,13-17,20,23-24,26,30,32H,6-8,10-12H2,1-5H3,(H,28,31). The number of aliphatic hydroxyl groups is 2. The summed E-state index contributed by atoms with van der Waals surface area (Å²) in [6.07, 6.45) is 1.68. The number of rotatable bonds is 16. The fourth-order valence-corrected chi connectivity index (χ4v) is 4.57. The van der Waals surface area contributed by atoms with Crippen LogP contribution in [0, 0.1) is 0 Å². The first-order valence-corrected chi connectivity index (χ1v) is 13.7. The van der Waals surface area contributed by atoms with E-state index in [2.05, 4.69) is 39.8 Å². The van der Waals surface area contributed by atoms with Gasteiger partial charge in [0, 0.05) is 37.1 Å². The topological polar surface area (TPSA) is 132 Å². The highest BCUT2D eigenvalue weighted by Gasteiger charge is 2.20. The Morgan fingerprint density at radius 3 is 2.63 bits per heavy atom. The molecule has 12 heteroatoms. The molecule has 2 heterocycles. The molecule has 0 aromatic carbocycles. The van der Waals surface area contributed by atoms with Crippen LogP contribution >= 0.6 is 22.7 Å². The number of thiazole rings is 2. The molecule has 2 rings (SSSR count). The van der Waals surface area contributed by atoms with Gasteiger partial charge in [0.1, 0.15) is 0 Å². The van der Waals surface area contributed by atoms with E-state index in [4.69, 9.17) is 4.74 Å². The molecule has 2 amide bonds. The Hall–Kier alpha value is -1.67. The van der Waals surface area contributed by atoms with Gasteiger partial charge in [-0.05, 0) is 33.2 Å². The van der Waals surface area contributed by atoms with Gasteiger partial charge in [-0.1, -0.05) is 13.8 Å². The highest BCUT2D eigenvalue weighted by molar-refractivity contribution is 7.09.